The molecule has 142 valence electrons. The second-order valence-electron chi connectivity index (χ2n) is 6.71. The van der Waals surface area contributed by atoms with E-state index in [0.717, 1.165) is 43.6 Å². The highest BCUT2D eigenvalue weighted by Crippen LogP contribution is 2.32. The van der Waals surface area contributed by atoms with Crippen molar-refractivity contribution >= 4 is 46.2 Å². The number of hydrogen-bond acceptors (Lipinski definition) is 4. The summed E-state index contributed by atoms with van der Waals surface area (Å²) < 4.78 is 0. The Morgan fingerprint density at radius 2 is 1.85 bits per heavy atom. The lowest BCUT2D eigenvalue weighted by molar-refractivity contribution is -0.384. The van der Waals surface area contributed by atoms with Crippen LogP contribution in [0.4, 0.5) is 17.1 Å². The number of halogens is 2. The van der Waals surface area contributed by atoms with Gasteiger partial charge in [0.25, 0.3) is 11.6 Å². The number of nitrogens with zero attached hydrogens (tertiary/aromatic N) is 2. The van der Waals surface area contributed by atoms with Gasteiger partial charge in [0.05, 0.1) is 15.6 Å². The molecule has 0 unspecified atom stereocenters. The van der Waals surface area contributed by atoms with Gasteiger partial charge < -0.3 is 10.2 Å². The Bertz CT molecular complexity index is 880. The Hall–Kier alpha value is -2.31. The topological polar surface area (TPSA) is 75.5 Å². The molecule has 3 rings (SSSR count). The number of nitro benzene ring substituents is 1. The Kier molecular flexibility index (Phi) is 5.87. The number of nitro groups is 1. The first-order valence-electron chi connectivity index (χ1n) is 8.65. The quantitative estimate of drug-likeness (QED) is 0.544. The average Bonchev–Trinajstić information content (AvgIpc) is 2.63. The van der Waals surface area contributed by atoms with Crippen molar-refractivity contribution in [1.82, 2.24) is 0 Å². The smallest absolute Gasteiger partial charge is 0.288 e. The summed E-state index contributed by atoms with van der Waals surface area (Å²) >= 11 is 12.2. The number of carbonyl (C=O) groups is 1. The third-order valence-electron chi connectivity index (χ3n) is 4.73. The van der Waals surface area contributed by atoms with Gasteiger partial charge in [-0.2, -0.15) is 0 Å². The van der Waals surface area contributed by atoms with Crippen molar-refractivity contribution < 1.29 is 9.72 Å². The van der Waals surface area contributed by atoms with Crippen molar-refractivity contribution in [3.63, 3.8) is 0 Å². The number of nitrogens with one attached hydrogen (secondary N) is 1. The number of amides is 1. The molecular formula is C19H19Cl2N3O3. The van der Waals surface area contributed by atoms with E-state index in [1.165, 1.54) is 12.1 Å². The molecule has 0 aromatic heterocycles. The average molecular weight is 408 g/mol. The molecule has 6 nitrogen and oxygen atoms in total. The van der Waals surface area contributed by atoms with Gasteiger partial charge in [-0.25, -0.2) is 0 Å². The van der Waals surface area contributed by atoms with Gasteiger partial charge in [-0.05, 0) is 49.1 Å². The van der Waals surface area contributed by atoms with E-state index in [1.54, 1.807) is 12.1 Å². The van der Waals surface area contributed by atoms with Crippen LogP contribution in [0.3, 0.4) is 0 Å². The zero-order chi connectivity index (χ0) is 19.6. The molecule has 1 amide bonds. The van der Waals surface area contributed by atoms with Crippen LogP contribution in [0.15, 0.2) is 36.4 Å². The van der Waals surface area contributed by atoms with Crippen LogP contribution in [0.5, 0.6) is 0 Å². The van der Waals surface area contributed by atoms with Gasteiger partial charge in [0.1, 0.15) is 5.02 Å². The minimum Gasteiger partial charge on any atom is -0.370 e. The van der Waals surface area contributed by atoms with Crippen molar-refractivity contribution in [1.29, 1.82) is 0 Å². The number of benzene rings is 2. The Balaban J connectivity index is 1.74. The van der Waals surface area contributed by atoms with E-state index in [1.807, 2.05) is 6.07 Å². The highest BCUT2D eigenvalue weighted by Gasteiger charge is 2.19. The fraction of sp³-hybridized carbons (Fsp3) is 0.316. The molecule has 1 aliphatic heterocycles. The van der Waals surface area contributed by atoms with Crippen molar-refractivity contribution in [2.24, 2.45) is 5.92 Å². The largest absolute Gasteiger partial charge is 0.370 e. The van der Waals surface area contributed by atoms with Gasteiger partial charge in [0.2, 0.25) is 0 Å². The van der Waals surface area contributed by atoms with Crippen molar-refractivity contribution in [3.05, 3.63) is 62.1 Å². The number of anilines is 2. The van der Waals surface area contributed by atoms with Crippen molar-refractivity contribution in [2.75, 3.05) is 23.3 Å². The molecule has 0 spiro atoms. The first-order valence-corrected chi connectivity index (χ1v) is 9.40. The maximum atomic E-state index is 12.4. The minimum atomic E-state index is -0.621. The van der Waals surface area contributed by atoms with Gasteiger partial charge in [-0.15, -0.1) is 0 Å². The first kappa shape index (κ1) is 19.5. The molecule has 0 aliphatic carbocycles. The predicted octanol–water partition coefficient (Wildman–Crippen LogP) is 5.39. The van der Waals surface area contributed by atoms with Crippen LogP contribution in [0.25, 0.3) is 0 Å². The van der Waals surface area contributed by atoms with Gasteiger partial charge >= 0.3 is 0 Å². The highest BCUT2D eigenvalue weighted by atomic mass is 35.5. The Morgan fingerprint density at radius 3 is 2.48 bits per heavy atom. The van der Waals surface area contributed by atoms with Crippen LogP contribution in [0, 0.1) is 16.0 Å². The van der Waals surface area contributed by atoms with E-state index in [9.17, 15) is 14.9 Å². The molecule has 0 atom stereocenters. The van der Waals surface area contributed by atoms with Crippen LogP contribution in [-0.2, 0) is 0 Å². The summed E-state index contributed by atoms with van der Waals surface area (Å²) in [5.74, 6) is 0.257. The number of piperidine rings is 1. The lowest BCUT2D eigenvalue weighted by atomic mass is 9.99. The standard InChI is InChI=1S/C19H19Cl2N3O3/c1-12-6-8-23(9-7-12)17-5-3-14(11-16(17)21)22-19(25)13-2-4-15(20)18(10-13)24(26)27/h2-5,10-12H,6-9H2,1H3,(H,22,25). The molecule has 1 N–H and O–H groups in total. The van der Waals surface area contributed by atoms with Gasteiger partial charge in [0, 0.05) is 30.4 Å². The molecule has 2 aromatic carbocycles. The monoisotopic (exact) mass is 407 g/mol. The van der Waals surface area contributed by atoms with E-state index in [4.69, 9.17) is 23.2 Å². The Morgan fingerprint density at radius 1 is 1.15 bits per heavy atom. The summed E-state index contributed by atoms with van der Waals surface area (Å²) in [6, 6.07) is 9.29. The molecule has 0 radical (unpaired) electrons. The maximum Gasteiger partial charge on any atom is 0.288 e. The molecule has 1 heterocycles. The SMILES string of the molecule is CC1CCN(c2ccc(NC(=O)c3ccc(Cl)c([N+](=O)[O-])c3)cc2Cl)CC1. The third kappa shape index (κ3) is 4.51. The summed E-state index contributed by atoms with van der Waals surface area (Å²) in [5, 5.41) is 14.2. The van der Waals surface area contributed by atoms with E-state index >= 15 is 0 Å². The molecule has 1 fully saturated rings. The van der Waals surface area contributed by atoms with Gasteiger partial charge in [0.15, 0.2) is 0 Å². The van der Waals surface area contributed by atoms with Crippen molar-refractivity contribution in [2.45, 2.75) is 19.8 Å². The molecule has 0 saturated carbocycles. The van der Waals surface area contributed by atoms with Crippen LogP contribution >= 0.6 is 23.2 Å². The highest BCUT2D eigenvalue weighted by molar-refractivity contribution is 6.34. The lowest BCUT2D eigenvalue weighted by Crippen LogP contribution is -2.32. The van der Waals surface area contributed by atoms with E-state index < -0.39 is 10.8 Å². The third-order valence-corrected chi connectivity index (χ3v) is 5.36. The van der Waals surface area contributed by atoms with E-state index in [2.05, 4.69) is 17.1 Å². The number of carbonyl (C=O) groups excluding carboxylic acids is 1. The van der Waals surface area contributed by atoms with Crippen LogP contribution < -0.4 is 10.2 Å². The molecule has 27 heavy (non-hydrogen) atoms. The fourth-order valence-corrected chi connectivity index (χ4v) is 3.57. The molecule has 2 aromatic rings. The van der Waals surface area contributed by atoms with Gasteiger partial charge in [-0.3, -0.25) is 14.9 Å². The molecule has 0 bridgehead atoms. The normalized spacial score (nSPS) is 14.9. The molecule has 1 saturated heterocycles. The molecule has 1 aliphatic rings. The zero-order valence-electron chi connectivity index (χ0n) is 14.7. The van der Waals surface area contributed by atoms with Crippen LogP contribution in [0.1, 0.15) is 30.1 Å². The summed E-state index contributed by atoms with van der Waals surface area (Å²) in [6.07, 6.45) is 2.26. The van der Waals surface area contributed by atoms with Crippen LogP contribution in [0.2, 0.25) is 10.0 Å². The zero-order valence-corrected chi connectivity index (χ0v) is 16.3. The first-order chi connectivity index (χ1) is 12.8. The minimum absolute atomic E-state index is 0.0141. The lowest BCUT2D eigenvalue weighted by Gasteiger charge is -2.32. The number of hydrogen-bond donors (Lipinski definition) is 1. The summed E-state index contributed by atoms with van der Waals surface area (Å²) in [5.41, 5.74) is 1.31. The van der Waals surface area contributed by atoms with E-state index in [-0.39, 0.29) is 16.3 Å². The van der Waals surface area contributed by atoms with E-state index in [0.29, 0.717) is 10.7 Å². The molecule has 8 heteroatoms. The van der Waals surface area contributed by atoms with Crippen molar-refractivity contribution in [3.8, 4) is 0 Å². The summed E-state index contributed by atoms with van der Waals surface area (Å²) in [4.78, 5) is 25.0. The Labute approximate surface area is 167 Å². The summed E-state index contributed by atoms with van der Waals surface area (Å²) in [6.45, 7) is 4.17. The fourth-order valence-electron chi connectivity index (χ4n) is 3.09. The number of rotatable bonds is 4. The second kappa shape index (κ2) is 8.15. The second-order valence-corrected chi connectivity index (χ2v) is 7.53. The van der Waals surface area contributed by atoms with Gasteiger partial charge in [-0.1, -0.05) is 30.1 Å². The molecular weight excluding hydrogens is 389 g/mol. The summed E-state index contributed by atoms with van der Waals surface area (Å²) in [7, 11) is 0. The maximum absolute atomic E-state index is 12.4. The predicted molar refractivity (Wildman–Crippen MR) is 108 cm³/mol. The van der Waals surface area contributed by atoms with Crippen LogP contribution in [-0.4, -0.2) is 23.9 Å².